The molecular formula is C29H39ClN4O3S2. The molecule has 0 aliphatic heterocycles. The van der Waals surface area contributed by atoms with Gasteiger partial charge in [-0.25, -0.2) is 0 Å². The number of nitroso groups, excluding NO2 is 1. The Kier molecular flexibility index (Phi) is 17.3. The van der Waals surface area contributed by atoms with Gasteiger partial charge in [0.05, 0.1) is 17.8 Å². The summed E-state index contributed by atoms with van der Waals surface area (Å²) in [4.78, 5) is 24.9. The number of aryl methyl sites for hydroxylation is 1. The number of ketones is 1. The molecule has 7 nitrogen and oxygen atoms in total. The van der Waals surface area contributed by atoms with Gasteiger partial charge in [0, 0.05) is 46.0 Å². The van der Waals surface area contributed by atoms with Crippen molar-refractivity contribution in [2.45, 2.75) is 32.1 Å². The number of thiophene rings is 1. The molecule has 39 heavy (non-hydrogen) atoms. The number of allylic oxidation sites excluding steroid dienone is 1. The fraction of sp³-hybridized carbons (Fsp3) is 0.345. The second-order valence-corrected chi connectivity index (χ2v) is 10.6. The van der Waals surface area contributed by atoms with E-state index in [9.17, 15) is 4.79 Å². The Labute approximate surface area is 245 Å². The minimum absolute atomic E-state index is 0.0648. The van der Waals surface area contributed by atoms with E-state index in [1.807, 2.05) is 20.0 Å². The summed E-state index contributed by atoms with van der Waals surface area (Å²) in [7, 11) is 4.63. The molecule has 0 aliphatic carbocycles. The summed E-state index contributed by atoms with van der Waals surface area (Å²) in [5.41, 5.74) is 9.72. The van der Waals surface area contributed by atoms with Crippen LogP contribution < -0.4 is 15.4 Å². The first-order chi connectivity index (χ1) is 18.8. The summed E-state index contributed by atoms with van der Waals surface area (Å²) in [6, 6.07) is 17.0. The summed E-state index contributed by atoms with van der Waals surface area (Å²) in [5.74, 6) is 0.0648. The number of benzene rings is 2. The molecule has 3 N–H and O–H groups in total. The molecule has 10 heteroatoms. The average molecular weight is 591 g/mol. The predicted molar refractivity (Wildman–Crippen MR) is 171 cm³/mol. The Hall–Kier alpha value is -2.53. The lowest BCUT2D eigenvalue weighted by Crippen LogP contribution is -2.17. The number of hydrogen-bond donors (Lipinski definition) is 2. The third-order valence-corrected chi connectivity index (χ3v) is 7.50. The topological polar surface area (TPSA) is 97.0 Å². The molecule has 0 radical (unpaired) electrons. The van der Waals surface area contributed by atoms with Crippen LogP contribution in [0.2, 0.25) is 5.02 Å². The zero-order valence-corrected chi connectivity index (χ0v) is 25.9. The van der Waals surface area contributed by atoms with Crippen LogP contribution in [0.3, 0.4) is 0 Å². The minimum atomic E-state index is 0.0648. The van der Waals surface area contributed by atoms with E-state index in [2.05, 4.69) is 88.0 Å². The number of ether oxygens (including phenoxy) is 1. The van der Waals surface area contributed by atoms with Crippen LogP contribution in [0.5, 0.6) is 0 Å². The average Bonchev–Trinajstić information content (AvgIpc) is 3.28. The number of halogens is 1. The maximum Gasteiger partial charge on any atom is 0.159 e. The van der Waals surface area contributed by atoms with Gasteiger partial charge in [-0.3, -0.25) is 9.52 Å². The van der Waals surface area contributed by atoms with E-state index in [4.69, 9.17) is 22.2 Å². The van der Waals surface area contributed by atoms with Gasteiger partial charge in [-0.15, -0.1) is 11.3 Å². The van der Waals surface area contributed by atoms with Crippen molar-refractivity contribution in [3.8, 4) is 10.4 Å². The van der Waals surface area contributed by atoms with Crippen LogP contribution in [0.4, 0.5) is 11.4 Å². The lowest BCUT2D eigenvalue weighted by atomic mass is 10.1. The number of nitrogens with zero attached hydrogens (tertiary/aromatic N) is 2. The van der Waals surface area contributed by atoms with Crippen molar-refractivity contribution < 1.29 is 9.53 Å². The largest absolute Gasteiger partial charge is 0.377 e. The minimum Gasteiger partial charge on any atom is -0.377 e. The molecule has 0 aliphatic rings. The molecule has 0 unspecified atom stereocenters. The molecule has 1 aromatic heterocycles. The van der Waals surface area contributed by atoms with Gasteiger partial charge in [0.15, 0.2) is 5.78 Å². The second kappa shape index (κ2) is 19.5. The fourth-order valence-corrected chi connectivity index (χ4v) is 5.74. The third kappa shape index (κ3) is 11.2. The highest BCUT2D eigenvalue weighted by Gasteiger charge is 2.18. The molecule has 212 valence electrons. The summed E-state index contributed by atoms with van der Waals surface area (Å²) in [6.07, 6.45) is 4.66. The number of anilines is 2. The Morgan fingerprint density at radius 2 is 1.92 bits per heavy atom. The number of Topliss-reactive ketones (excluding diaryl/α,β-unsaturated/α-hetero) is 1. The van der Waals surface area contributed by atoms with Gasteiger partial charge in [-0.05, 0) is 88.3 Å². The van der Waals surface area contributed by atoms with Crippen LogP contribution in [-0.4, -0.2) is 46.7 Å². The predicted octanol–water partition coefficient (Wildman–Crippen LogP) is 7.73. The highest BCUT2D eigenvalue weighted by molar-refractivity contribution is 7.97. The molecule has 1 heterocycles. The lowest BCUT2D eigenvalue weighted by Gasteiger charge is -2.26. The maximum atomic E-state index is 10.4. The van der Waals surface area contributed by atoms with Crippen molar-refractivity contribution >= 4 is 58.1 Å². The van der Waals surface area contributed by atoms with E-state index in [1.165, 1.54) is 29.5 Å². The summed E-state index contributed by atoms with van der Waals surface area (Å²) >= 11 is 10.2. The smallest absolute Gasteiger partial charge is 0.159 e. The molecule has 2 aromatic carbocycles. The van der Waals surface area contributed by atoms with Crippen molar-refractivity contribution in [3.05, 3.63) is 75.0 Å². The van der Waals surface area contributed by atoms with Gasteiger partial charge in [0.1, 0.15) is 6.61 Å². The highest BCUT2D eigenvalue weighted by atomic mass is 35.5. The first-order valence-electron chi connectivity index (χ1n) is 12.5. The van der Waals surface area contributed by atoms with Gasteiger partial charge < -0.3 is 15.4 Å². The number of carbonyl (C=O) groups is 1. The highest BCUT2D eigenvalue weighted by Crippen LogP contribution is 2.43. The summed E-state index contributed by atoms with van der Waals surface area (Å²) < 4.78 is 7.78. The van der Waals surface area contributed by atoms with Crippen LogP contribution in [0.25, 0.3) is 16.5 Å². The Balaban J connectivity index is 0.000000587. The van der Waals surface area contributed by atoms with Gasteiger partial charge in [-0.1, -0.05) is 41.1 Å². The van der Waals surface area contributed by atoms with E-state index < -0.39 is 0 Å². The molecule has 3 aromatic rings. The van der Waals surface area contributed by atoms with Crippen molar-refractivity contribution in [1.82, 2.24) is 4.72 Å². The number of hydrogen-bond acceptors (Lipinski definition) is 9. The number of rotatable bonds is 11. The van der Waals surface area contributed by atoms with E-state index >= 15 is 0 Å². The van der Waals surface area contributed by atoms with Crippen LogP contribution in [0, 0.1) is 11.8 Å². The van der Waals surface area contributed by atoms with E-state index in [0.29, 0.717) is 13.0 Å². The normalized spacial score (nSPS) is 10.4. The SMILES string of the molecule is CC=Cc1sc(-c2cc(SNC)c(N(CC)c3ccccc3)cc2Cl)cc1C.CN=O.COCC(=O)CCN. The summed E-state index contributed by atoms with van der Waals surface area (Å²) in [5, 5.41) is 3.03. The molecule has 0 saturated carbocycles. The van der Waals surface area contributed by atoms with E-state index in [0.717, 1.165) is 33.4 Å². The zero-order valence-electron chi connectivity index (χ0n) is 23.5. The first-order valence-corrected chi connectivity index (χ1v) is 14.5. The molecule has 0 saturated heterocycles. The molecule has 0 spiro atoms. The fourth-order valence-electron chi connectivity index (χ4n) is 3.57. The van der Waals surface area contributed by atoms with Crippen molar-refractivity contribution in [2.24, 2.45) is 10.9 Å². The van der Waals surface area contributed by atoms with Gasteiger partial charge >= 0.3 is 0 Å². The Morgan fingerprint density at radius 1 is 1.26 bits per heavy atom. The van der Waals surface area contributed by atoms with Crippen molar-refractivity contribution in [1.29, 1.82) is 0 Å². The number of para-hydroxylation sites is 1. The monoisotopic (exact) mass is 590 g/mol. The zero-order chi connectivity index (χ0) is 29.2. The lowest BCUT2D eigenvalue weighted by molar-refractivity contribution is -0.122. The maximum absolute atomic E-state index is 10.4. The van der Waals surface area contributed by atoms with Crippen LogP contribution in [0.15, 0.2) is 64.7 Å². The van der Waals surface area contributed by atoms with Crippen molar-refractivity contribution in [2.75, 3.05) is 45.8 Å². The number of carbonyl (C=O) groups excluding carboxylic acids is 1. The first kappa shape index (κ1) is 34.5. The third-order valence-electron chi connectivity index (χ3n) is 5.20. The molecule has 0 amide bonds. The van der Waals surface area contributed by atoms with E-state index in [-0.39, 0.29) is 12.4 Å². The summed E-state index contributed by atoms with van der Waals surface area (Å²) in [6.45, 7) is 7.83. The van der Waals surface area contributed by atoms with Crippen LogP contribution >= 0.6 is 34.9 Å². The van der Waals surface area contributed by atoms with Gasteiger partial charge in [0.25, 0.3) is 0 Å². The Morgan fingerprint density at radius 3 is 2.46 bits per heavy atom. The van der Waals surface area contributed by atoms with Crippen LogP contribution in [-0.2, 0) is 9.53 Å². The number of nitrogens with one attached hydrogen (secondary N) is 1. The quantitative estimate of drug-likeness (QED) is 0.174. The van der Waals surface area contributed by atoms with Gasteiger partial charge in [-0.2, -0.15) is 4.91 Å². The van der Waals surface area contributed by atoms with Crippen LogP contribution in [0.1, 0.15) is 30.7 Å². The van der Waals surface area contributed by atoms with E-state index in [1.54, 1.807) is 23.3 Å². The Bertz CT molecular complexity index is 1180. The molecule has 3 rings (SSSR count). The number of methoxy groups -OCH3 is 1. The molecule has 0 bridgehead atoms. The second-order valence-electron chi connectivity index (χ2n) is 8.04. The molecule has 0 fully saturated rings. The standard InChI is InChI=1S/C23H25ClN2S2.C5H11NO2.CH3NO/c1-5-10-21-16(3)13-22(27-21)18-14-23(28-25-4)20(15-19(18)24)26(6-2)17-11-8-7-9-12-17;1-8-4-5(7)2-3-6;1-2-3/h5,7-15,25H,6H2,1-4H3;2-4,6H2,1H3;1H3. The van der Waals surface area contributed by atoms with Crippen molar-refractivity contribution in [3.63, 3.8) is 0 Å². The molecular weight excluding hydrogens is 552 g/mol. The number of nitrogens with two attached hydrogens (primary N) is 1. The van der Waals surface area contributed by atoms with Gasteiger partial charge in [0.2, 0.25) is 0 Å². The molecule has 0 atom stereocenters.